The van der Waals surface area contributed by atoms with Crippen LogP contribution >= 0.6 is 0 Å². The van der Waals surface area contributed by atoms with E-state index in [1.54, 1.807) is 0 Å². The van der Waals surface area contributed by atoms with E-state index in [1.165, 1.54) is 0 Å². The van der Waals surface area contributed by atoms with Crippen molar-refractivity contribution in [3.05, 3.63) is 0 Å². The summed E-state index contributed by atoms with van der Waals surface area (Å²) in [6, 6.07) is -1.28. The summed E-state index contributed by atoms with van der Waals surface area (Å²) in [5, 5.41) is 70.5. The Bertz CT molecular complexity index is 478. The molecule has 2 rings (SSSR count). The third-order valence-electron chi connectivity index (χ3n) is 4.38. The lowest BCUT2D eigenvalue weighted by molar-refractivity contribution is -0.341. The normalized spacial score (nSPS) is 46.8. The highest BCUT2D eigenvalue weighted by atomic mass is 16.7. The molecular formula is C14H25NO11. The molecule has 0 saturated carbocycles. The molecule has 152 valence electrons. The van der Waals surface area contributed by atoms with E-state index in [2.05, 4.69) is 5.32 Å². The van der Waals surface area contributed by atoms with Crippen LogP contribution in [0.1, 0.15) is 6.92 Å². The van der Waals surface area contributed by atoms with Crippen LogP contribution in [-0.2, 0) is 19.0 Å². The van der Waals surface area contributed by atoms with Gasteiger partial charge in [0.25, 0.3) is 0 Å². The van der Waals surface area contributed by atoms with E-state index < -0.39 is 80.5 Å². The third-order valence-corrected chi connectivity index (χ3v) is 4.38. The van der Waals surface area contributed by atoms with Crippen molar-refractivity contribution >= 4 is 5.91 Å². The molecule has 0 aromatic carbocycles. The number of carbonyl (C=O) groups is 1. The van der Waals surface area contributed by atoms with Gasteiger partial charge in [0.05, 0.1) is 13.2 Å². The number of hydrogen-bond acceptors (Lipinski definition) is 11. The number of ether oxygens (including phenoxy) is 3. The quantitative estimate of drug-likeness (QED) is 0.226. The molecule has 8 N–H and O–H groups in total. The Morgan fingerprint density at radius 2 is 1.54 bits per heavy atom. The maximum atomic E-state index is 11.4. The standard InChI is InChI=1S/C14H25NO11/c1-4(18)15-7-9(20)8(19)5(2-16)25-14(7)26-12-6(3-17)24-13(23)11(22)10(12)21/h5-14,16-17,19-23H,2-3H2,1H3,(H,15,18)/t5-,6+,7-,8-,9-,10-,11-,12-,13-,14+/m1/s1. The van der Waals surface area contributed by atoms with Crippen LogP contribution in [0.4, 0.5) is 0 Å². The summed E-state index contributed by atoms with van der Waals surface area (Å²) < 4.78 is 15.8. The number of aliphatic hydroxyl groups excluding tert-OH is 7. The van der Waals surface area contributed by atoms with Crippen molar-refractivity contribution < 1.29 is 54.8 Å². The fourth-order valence-corrected chi connectivity index (χ4v) is 2.98. The number of nitrogens with one attached hydrogen (secondary N) is 1. The largest absolute Gasteiger partial charge is 0.394 e. The summed E-state index contributed by atoms with van der Waals surface area (Å²) >= 11 is 0. The van der Waals surface area contributed by atoms with Crippen LogP contribution in [0.5, 0.6) is 0 Å². The number of carbonyl (C=O) groups excluding carboxylic acids is 1. The molecule has 0 aliphatic carbocycles. The molecule has 0 unspecified atom stereocenters. The first-order valence-electron chi connectivity index (χ1n) is 8.06. The fourth-order valence-electron chi connectivity index (χ4n) is 2.98. The minimum absolute atomic E-state index is 0.574. The lowest BCUT2D eigenvalue weighted by atomic mass is 9.95. The second-order valence-electron chi connectivity index (χ2n) is 6.26. The van der Waals surface area contributed by atoms with E-state index in [4.69, 9.17) is 14.2 Å². The molecule has 10 atom stereocenters. The van der Waals surface area contributed by atoms with Crippen LogP contribution in [0.15, 0.2) is 0 Å². The van der Waals surface area contributed by atoms with Crippen molar-refractivity contribution in [3.8, 4) is 0 Å². The van der Waals surface area contributed by atoms with E-state index in [-0.39, 0.29) is 0 Å². The van der Waals surface area contributed by atoms with Gasteiger partial charge in [-0.25, -0.2) is 0 Å². The summed E-state index contributed by atoms with van der Waals surface area (Å²) in [4.78, 5) is 11.4. The van der Waals surface area contributed by atoms with Crippen LogP contribution in [-0.4, -0.2) is 116 Å². The van der Waals surface area contributed by atoms with Gasteiger partial charge in [-0.3, -0.25) is 4.79 Å². The minimum Gasteiger partial charge on any atom is -0.394 e. The van der Waals surface area contributed by atoms with Crippen LogP contribution in [0, 0.1) is 0 Å². The van der Waals surface area contributed by atoms with Gasteiger partial charge in [-0.05, 0) is 0 Å². The monoisotopic (exact) mass is 383 g/mol. The van der Waals surface area contributed by atoms with Gasteiger partial charge in [-0.2, -0.15) is 0 Å². The van der Waals surface area contributed by atoms with Crippen molar-refractivity contribution in [1.29, 1.82) is 0 Å². The van der Waals surface area contributed by atoms with Gasteiger partial charge >= 0.3 is 0 Å². The van der Waals surface area contributed by atoms with Crippen LogP contribution in [0.2, 0.25) is 0 Å². The Balaban J connectivity index is 2.22. The SMILES string of the molecule is CC(=O)N[C@H]1[C@H](O[C@H]2[C@H](O)[C@@H](O)[C@H](O)O[C@H]2CO)O[C@H](CO)[C@@H](O)[C@@H]1O. The van der Waals surface area contributed by atoms with Gasteiger partial charge in [0.1, 0.15) is 48.8 Å². The Labute approximate surface area is 148 Å². The summed E-state index contributed by atoms with van der Waals surface area (Å²) in [6.45, 7) is -0.194. The van der Waals surface area contributed by atoms with Crippen molar-refractivity contribution in [2.24, 2.45) is 0 Å². The molecule has 2 aliphatic heterocycles. The summed E-state index contributed by atoms with van der Waals surface area (Å²) in [5.74, 6) is -0.574. The number of rotatable bonds is 5. The van der Waals surface area contributed by atoms with Gasteiger partial charge in [-0.15, -0.1) is 0 Å². The molecule has 12 nitrogen and oxygen atoms in total. The molecule has 0 radical (unpaired) electrons. The number of hydrogen-bond donors (Lipinski definition) is 8. The van der Waals surface area contributed by atoms with Crippen LogP contribution < -0.4 is 5.32 Å². The van der Waals surface area contributed by atoms with Crippen molar-refractivity contribution in [2.75, 3.05) is 13.2 Å². The molecule has 0 aromatic rings. The predicted octanol–water partition coefficient (Wildman–Crippen LogP) is -5.25. The summed E-state index contributed by atoms with van der Waals surface area (Å²) in [6.07, 6.45) is -13.6. The lowest BCUT2D eigenvalue weighted by Gasteiger charge is -2.46. The van der Waals surface area contributed by atoms with Gasteiger partial charge in [0.2, 0.25) is 5.91 Å². The Kier molecular flexibility index (Phi) is 7.27. The molecule has 0 bridgehead atoms. The highest BCUT2D eigenvalue weighted by Crippen LogP contribution is 2.28. The lowest BCUT2D eigenvalue weighted by Crippen LogP contribution is -2.67. The molecule has 26 heavy (non-hydrogen) atoms. The van der Waals surface area contributed by atoms with E-state index in [0.29, 0.717) is 0 Å². The predicted molar refractivity (Wildman–Crippen MR) is 80.2 cm³/mol. The molecule has 0 aromatic heterocycles. The fraction of sp³-hybridized carbons (Fsp3) is 0.929. The molecule has 2 heterocycles. The van der Waals surface area contributed by atoms with Crippen molar-refractivity contribution in [2.45, 2.75) is 68.3 Å². The van der Waals surface area contributed by atoms with E-state index in [1.807, 2.05) is 0 Å². The molecule has 2 aliphatic rings. The maximum Gasteiger partial charge on any atom is 0.217 e. The molecule has 0 spiro atoms. The van der Waals surface area contributed by atoms with E-state index in [9.17, 15) is 40.5 Å². The Hall–Kier alpha value is -0.930. The second-order valence-corrected chi connectivity index (χ2v) is 6.26. The minimum atomic E-state index is -1.75. The van der Waals surface area contributed by atoms with Crippen LogP contribution in [0.3, 0.4) is 0 Å². The van der Waals surface area contributed by atoms with E-state index >= 15 is 0 Å². The zero-order valence-electron chi connectivity index (χ0n) is 14.0. The molecular weight excluding hydrogens is 358 g/mol. The smallest absolute Gasteiger partial charge is 0.217 e. The molecule has 12 heteroatoms. The van der Waals surface area contributed by atoms with Gasteiger partial charge in [0, 0.05) is 6.92 Å². The number of aliphatic hydroxyl groups is 7. The molecule has 1 amide bonds. The first-order chi connectivity index (χ1) is 12.2. The third kappa shape index (κ3) is 4.31. The zero-order valence-corrected chi connectivity index (χ0v) is 14.0. The molecule has 2 saturated heterocycles. The van der Waals surface area contributed by atoms with Gasteiger partial charge in [0.15, 0.2) is 12.6 Å². The average molecular weight is 383 g/mol. The first kappa shape index (κ1) is 21.4. The topological polar surface area (TPSA) is 198 Å². The average Bonchev–Trinajstić information content (AvgIpc) is 2.60. The van der Waals surface area contributed by atoms with Gasteiger partial charge < -0.3 is 55.3 Å². The highest BCUT2D eigenvalue weighted by Gasteiger charge is 2.50. The Morgan fingerprint density at radius 1 is 0.923 bits per heavy atom. The highest BCUT2D eigenvalue weighted by molar-refractivity contribution is 5.73. The zero-order chi connectivity index (χ0) is 19.6. The summed E-state index contributed by atoms with van der Waals surface area (Å²) in [5.41, 5.74) is 0. The molecule has 2 fully saturated rings. The second kappa shape index (κ2) is 8.84. The van der Waals surface area contributed by atoms with Crippen molar-refractivity contribution in [3.63, 3.8) is 0 Å². The van der Waals surface area contributed by atoms with Crippen LogP contribution in [0.25, 0.3) is 0 Å². The first-order valence-corrected chi connectivity index (χ1v) is 8.06. The van der Waals surface area contributed by atoms with Gasteiger partial charge in [-0.1, -0.05) is 0 Å². The van der Waals surface area contributed by atoms with E-state index in [0.717, 1.165) is 6.92 Å². The van der Waals surface area contributed by atoms with Crippen molar-refractivity contribution in [1.82, 2.24) is 5.32 Å². The summed E-state index contributed by atoms with van der Waals surface area (Å²) in [7, 11) is 0. The number of amides is 1. The Morgan fingerprint density at radius 3 is 2.08 bits per heavy atom. The maximum absolute atomic E-state index is 11.4.